The molecule has 3 rings (SSSR count). The summed E-state index contributed by atoms with van der Waals surface area (Å²) in [5.41, 5.74) is -0.174. The van der Waals surface area contributed by atoms with Gasteiger partial charge in [0.1, 0.15) is 0 Å². The maximum Gasteiger partial charge on any atom is 0.495 e. The highest BCUT2D eigenvalue weighted by atomic mass is 16.7. The van der Waals surface area contributed by atoms with Crippen molar-refractivity contribution < 1.29 is 18.6 Å². The molecule has 1 aliphatic rings. The highest BCUT2D eigenvalue weighted by Crippen LogP contribution is 2.37. The van der Waals surface area contributed by atoms with E-state index in [9.17, 15) is 10.1 Å². The standard InChI is InChI=1S/C14H16BNO5/c1-13(2)14(3,4)21-15(20-13)10-7-9-5-6-19-12(9)11(8-10)16(17)18/h5-8H,1-4H3. The molecule has 21 heavy (non-hydrogen) atoms. The number of nitrogens with zero attached hydrogens (tertiary/aromatic N) is 1. The lowest BCUT2D eigenvalue weighted by atomic mass is 9.78. The molecular formula is C14H16BNO5. The first-order chi connectivity index (χ1) is 9.71. The average Bonchev–Trinajstić information content (AvgIpc) is 2.90. The van der Waals surface area contributed by atoms with Gasteiger partial charge >= 0.3 is 12.8 Å². The van der Waals surface area contributed by atoms with Gasteiger partial charge in [0, 0.05) is 11.5 Å². The Labute approximate surface area is 122 Å². The van der Waals surface area contributed by atoms with Gasteiger partial charge in [-0.2, -0.15) is 0 Å². The van der Waals surface area contributed by atoms with Crippen LogP contribution in [0.15, 0.2) is 28.9 Å². The van der Waals surface area contributed by atoms with Gasteiger partial charge < -0.3 is 13.7 Å². The normalized spacial score (nSPS) is 20.1. The fourth-order valence-corrected chi connectivity index (χ4v) is 2.34. The number of fused-ring (bicyclic) bond motifs is 1. The van der Waals surface area contributed by atoms with Crippen molar-refractivity contribution in [3.8, 4) is 0 Å². The number of hydrogen-bond acceptors (Lipinski definition) is 5. The SMILES string of the molecule is CC1(C)OB(c2cc([N+](=O)[O-])c3occc3c2)OC1(C)C. The minimum atomic E-state index is -0.631. The second kappa shape index (κ2) is 4.32. The largest absolute Gasteiger partial charge is 0.495 e. The third-order valence-corrected chi connectivity index (χ3v) is 4.28. The van der Waals surface area contributed by atoms with E-state index in [1.54, 1.807) is 12.1 Å². The van der Waals surface area contributed by atoms with Crippen molar-refractivity contribution in [3.05, 3.63) is 34.6 Å². The first-order valence-electron chi connectivity index (χ1n) is 6.72. The molecule has 0 radical (unpaired) electrons. The first kappa shape index (κ1) is 14.1. The molecule has 1 fully saturated rings. The molecule has 0 N–H and O–H groups in total. The Morgan fingerprint density at radius 3 is 2.33 bits per heavy atom. The summed E-state index contributed by atoms with van der Waals surface area (Å²) >= 11 is 0. The van der Waals surface area contributed by atoms with Crippen LogP contribution in [0.25, 0.3) is 11.0 Å². The molecule has 1 aromatic heterocycles. The summed E-state index contributed by atoms with van der Waals surface area (Å²) in [5, 5.41) is 11.9. The Hall–Kier alpha value is -1.86. The van der Waals surface area contributed by atoms with Crippen LogP contribution in [-0.4, -0.2) is 23.2 Å². The fourth-order valence-electron chi connectivity index (χ4n) is 2.34. The van der Waals surface area contributed by atoms with Crippen molar-refractivity contribution in [2.45, 2.75) is 38.9 Å². The van der Waals surface area contributed by atoms with Crippen LogP contribution in [0.5, 0.6) is 0 Å². The van der Waals surface area contributed by atoms with Crippen LogP contribution in [0.4, 0.5) is 5.69 Å². The number of non-ortho nitro benzene ring substituents is 1. The summed E-state index contributed by atoms with van der Waals surface area (Å²) in [6.07, 6.45) is 1.44. The van der Waals surface area contributed by atoms with Gasteiger partial charge in [0.25, 0.3) is 0 Å². The lowest BCUT2D eigenvalue weighted by Gasteiger charge is -2.32. The molecule has 0 aliphatic carbocycles. The van der Waals surface area contributed by atoms with Gasteiger partial charge in [0.05, 0.1) is 22.4 Å². The molecule has 2 heterocycles. The predicted molar refractivity (Wildman–Crippen MR) is 78.6 cm³/mol. The third kappa shape index (κ3) is 2.13. The highest BCUT2D eigenvalue weighted by Gasteiger charge is 2.52. The van der Waals surface area contributed by atoms with Gasteiger partial charge in [-0.1, -0.05) is 6.07 Å². The van der Waals surface area contributed by atoms with Crippen LogP contribution in [0.1, 0.15) is 27.7 Å². The quantitative estimate of drug-likeness (QED) is 0.482. The fraction of sp³-hybridized carbons (Fsp3) is 0.429. The lowest BCUT2D eigenvalue weighted by Crippen LogP contribution is -2.41. The van der Waals surface area contributed by atoms with E-state index < -0.39 is 23.2 Å². The monoisotopic (exact) mass is 289 g/mol. The van der Waals surface area contributed by atoms with Crippen molar-refractivity contribution in [1.82, 2.24) is 0 Å². The molecule has 1 saturated heterocycles. The zero-order valence-electron chi connectivity index (χ0n) is 12.4. The van der Waals surface area contributed by atoms with Gasteiger partial charge in [-0.15, -0.1) is 0 Å². The molecule has 7 heteroatoms. The van der Waals surface area contributed by atoms with Gasteiger partial charge in [-0.05, 0) is 39.2 Å². The van der Waals surface area contributed by atoms with Crippen LogP contribution >= 0.6 is 0 Å². The van der Waals surface area contributed by atoms with Crippen molar-refractivity contribution in [2.75, 3.05) is 0 Å². The maximum atomic E-state index is 11.2. The molecular weight excluding hydrogens is 273 g/mol. The number of nitro groups is 1. The molecule has 0 saturated carbocycles. The maximum absolute atomic E-state index is 11.2. The molecule has 0 bridgehead atoms. The van der Waals surface area contributed by atoms with E-state index in [2.05, 4.69) is 0 Å². The van der Waals surface area contributed by atoms with Crippen molar-refractivity contribution in [2.24, 2.45) is 0 Å². The molecule has 1 aliphatic heterocycles. The Morgan fingerprint density at radius 2 is 1.76 bits per heavy atom. The number of hydrogen-bond donors (Lipinski definition) is 0. The van der Waals surface area contributed by atoms with Crippen LogP contribution in [0.2, 0.25) is 0 Å². The van der Waals surface area contributed by atoms with Crippen molar-refractivity contribution in [1.29, 1.82) is 0 Å². The minimum Gasteiger partial charge on any atom is -0.457 e. The van der Waals surface area contributed by atoms with Gasteiger partial charge in [-0.25, -0.2) is 0 Å². The van der Waals surface area contributed by atoms with Crippen LogP contribution < -0.4 is 5.46 Å². The number of furan rings is 1. The minimum absolute atomic E-state index is 0.0813. The number of rotatable bonds is 2. The van der Waals surface area contributed by atoms with Crippen molar-refractivity contribution >= 4 is 29.2 Å². The van der Waals surface area contributed by atoms with Crippen LogP contribution in [0, 0.1) is 10.1 Å². The summed E-state index contributed by atoms with van der Waals surface area (Å²) in [7, 11) is -0.631. The van der Waals surface area contributed by atoms with E-state index in [-0.39, 0.29) is 11.3 Å². The molecule has 0 amide bonds. The van der Waals surface area contributed by atoms with Gasteiger partial charge in [0.2, 0.25) is 5.58 Å². The van der Waals surface area contributed by atoms with Gasteiger partial charge in [0.15, 0.2) is 0 Å². The van der Waals surface area contributed by atoms with Crippen LogP contribution in [-0.2, 0) is 9.31 Å². The topological polar surface area (TPSA) is 74.7 Å². The Kier molecular flexibility index (Phi) is 2.90. The van der Waals surface area contributed by atoms with E-state index in [1.807, 2.05) is 27.7 Å². The molecule has 0 unspecified atom stereocenters. The number of benzene rings is 1. The predicted octanol–water partition coefficient (Wildman–Crippen LogP) is 2.64. The van der Waals surface area contributed by atoms with Gasteiger partial charge in [-0.3, -0.25) is 10.1 Å². The summed E-state index contributed by atoms with van der Waals surface area (Å²) in [6, 6.07) is 4.94. The van der Waals surface area contributed by atoms with E-state index in [1.165, 1.54) is 12.3 Å². The van der Waals surface area contributed by atoms with E-state index >= 15 is 0 Å². The summed E-state index contributed by atoms with van der Waals surface area (Å²) in [4.78, 5) is 10.7. The summed E-state index contributed by atoms with van der Waals surface area (Å²) in [5.74, 6) is 0. The Morgan fingerprint density at radius 1 is 1.14 bits per heavy atom. The second-order valence-electron chi connectivity index (χ2n) is 6.22. The molecule has 0 atom stereocenters. The molecule has 2 aromatic rings. The zero-order valence-corrected chi connectivity index (χ0v) is 12.4. The smallest absolute Gasteiger partial charge is 0.457 e. The second-order valence-corrected chi connectivity index (χ2v) is 6.22. The Bertz CT molecular complexity index is 705. The van der Waals surface area contributed by atoms with Crippen molar-refractivity contribution in [3.63, 3.8) is 0 Å². The zero-order chi connectivity index (χ0) is 15.4. The molecule has 1 aromatic carbocycles. The molecule has 0 spiro atoms. The molecule has 110 valence electrons. The van der Waals surface area contributed by atoms with E-state index in [4.69, 9.17) is 13.7 Å². The summed E-state index contributed by atoms with van der Waals surface area (Å²) < 4.78 is 17.1. The lowest BCUT2D eigenvalue weighted by molar-refractivity contribution is -0.383. The third-order valence-electron chi connectivity index (χ3n) is 4.28. The first-order valence-corrected chi connectivity index (χ1v) is 6.72. The van der Waals surface area contributed by atoms with E-state index in [0.29, 0.717) is 10.8 Å². The highest BCUT2D eigenvalue weighted by molar-refractivity contribution is 6.62. The average molecular weight is 289 g/mol. The number of nitro benzene ring substituents is 1. The Balaban J connectivity index is 2.08. The van der Waals surface area contributed by atoms with Crippen LogP contribution in [0.3, 0.4) is 0 Å². The molecule has 6 nitrogen and oxygen atoms in total. The summed E-state index contributed by atoms with van der Waals surface area (Å²) in [6.45, 7) is 7.77. The van der Waals surface area contributed by atoms with E-state index in [0.717, 1.165) is 0 Å².